The van der Waals surface area contributed by atoms with E-state index in [1.54, 1.807) is 12.1 Å². The summed E-state index contributed by atoms with van der Waals surface area (Å²) in [5, 5.41) is 14.1. The number of fused-ring (bicyclic) bond motifs is 6. The number of para-hydroxylation sites is 2. The van der Waals surface area contributed by atoms with Crippen LogP contribution in [0.15, 0.2) is 200 Å². The van der Waals surface area contributed by atoms with Crippen LogP contribution in [0.1, 0.15) is 27.8 Å². The molecule has 1 heterocycles. The number of aromatic nitrogens is 1. The predicted molar refractivity (Wildman–Crippen MR) is 222 cm³/mol. The number of hydrogen-bond donors (Lipinski definition) is 0. The van der Waals surface area contributed by atoms with Crippen LogP contribution in [0.25, 0.3) is 38.6 Å². The maximum atomic E-state index is 15.9. The molecule has 0 saturated heterocycles. The maximum absolute atomic E-state index is 15.9. The van der Waals surface area contributed by atoms with Gasteiger partial charge in [0, 0.05) is 32.4 Å². The molecule has 0 radical (unpaired) electrons. The minimum atomic E-state index is -3.38. The lowest BCUT2D eigenvalue weighted by Crippen LogP contribution is -2.31. The van der Waals surface area contributed by atoms with Gasteiger partial charge in [-0.15, -0.1) is 0 Å². The molecular formula is C50H33N2OP. The van der Waals surface area contributed by atoms with Crippen LogP contribution in [0.4, 0.5) is 0 Å². The van der Waals surface area contributed by atoms with E-state index < -0.39 is 12.6 Å². The van der Waals surface area contributed by atoms with Gasteiger partial charge < -0.3 is 9.13 Å². The molecule has 54 heavy (non-hydrogen) atoms. The molecule has 1 aliphatic carbocycles. The smallest absolute Gasteiger partial charge is 0.171 e. The molecule has 0 N–H and O–H groups in total. The molecule has 4 heteroatoms. The average Bonchev–Trinajstić information content (AvgIpc) is 3.75. The van der Waals surface area contributed by atoms with E-state index >= 15 is 4.57 Å². The first-order chi connectivity index (χ1) is 26.6. The largest absolute Gasteiger partial charge is 0.309 e. The van der Waals surface area contributed by atoms with Crippen molar-refractivity contribution in [1.29, 1.82) is 5.26 Å². The standard InChI is InChI=1S/C50H33N2OP/c51-34-35-26-29-40(30-27-35)54(53,39-17-5-2-6-18-39)41-19-13-14-36(32-41)50(46-23-10-7-20-42(46)43-21-8-11-24-47(43)50)37-28-31-49-45(33-37)44-22-9-12-25-48(44)52(49)38-15-3-1-4-16-38/h1-33H. The monoisotopic (exact) mass is 708 g/mol. The quantitative estimate of drug-likeness (QED) is 0.161. The van der Waals surface area contributed by atoms with Crippen molar-refractivity contribution < 1.29 is 4.57 Å². The Hall–Kier alpha value is -6.72. The van der Waals surface area contributed by atoms with E-state index in [0.717, 1.165) is 38.5 Å². The van der Waals surface area contributed by atoms with Gasteiger partial charge in [0.1, 0.15) is 0 Å². The maximum Gasteiger partial charge on any atom is 0.171 e. The van der Waals surface area contributed by atoms with Crippen LogP contribution in [0.3, 0.4) is 0 Å². The average molecular weight is 709 g/mol. The number of hydrogen-bond acceptors (Lipinski definition) is 2. The van der Waals surface area contributed by atoms with Gasteiger partial charge in [-0.25, -0.2) is 0 Å². The normalized spacial score (nSPS) is 13.9. The molecular weight excluding hydrogens is 676 g/mol. The van der Waals surface area contributed by atoms with E-state index in [4.69, 9.17) is 0 Å². The summed E-state index contributed by atoms with van der Waals surface area (Å²) in [6, 6.07) is 71.3. The Morgan fingerprint density at radius 1 is 0.463 bits per heavy atom. The van der Waals surface area contributed by atoms with Crippen molar-refractivity contribution in [2.75, 3.05) is 0 Å². The van der Waals surface area contributed by atoms with E-state index in [1.165, 1.54) is 33.0 Å². The lowest BCUT2D eigenvalue weighted by Gasteiger charge is -2.35. The van der Waals surface area contributed by atoms with Gasteiger partial charge in [-0.05, 0) is 94.0 Å². The first kappa shape index (κ1) is 32.0. The van der Waals surface area contributed by atoms with Crippen LogP contribution >= 0.6 is 7.14 Å². The first-order valence-corrected chi connectivity index (χ1v) is 19.9. The molecule has 8 aromatic carbocycles. The highest BCUT2D eigenvalue weighted by atomic mass is 31.2. The molecule has 1 atom stereocenters. The van der Waals surface area contributed by atoms with E-state index in [2.05, 4.69) is 150 Å². The Morgan fingerprint density at radius 2 is 1.02 bits per heavy atom. The van der Waals surface area contributed by atoms with Crippen LogP contribution in [0.2, 0.25) is 0 Å². The third-order valence-electron chi connectivity index (χ3n) is 11.2. The van der Waals surface area contributed by atoms with Gasteiger partial charge >= 0.3 is 0 Å². The zero-order chi connectivity index (χ0) is 36.3. The highest BCUT2D eigenvalue weighted by Crippen LogP contribution is 2.57. The summed E-state index contributed by atoms with van der Waals surface area (Å²) in [4.78, 5) is 0. The number of rotatable bonds is 6. The van der Waals surface area contributed by atoms with Crippen LogP contribution in [0.5, 0.6) is 0 Å². The molecule has 254 valence electrons. The summed E-state index contributed by atoms with van der Waals surface area (Å²) in [6.07, 6.45) is 0. The zero-order valence-electron chi connectivity index (χ0n) is 29.3. The fourth-order valence-electron chi connectivity index (χ4n) is 8.85. The van der Waals surface area contributed by atoms with Crippen molar-refractivity contribution >= 4 is 44.9 Å². The Morgan fingerprint density at radius 3 is 1.72 bits per heavy atom. The molecule has 10 rings (SSSR count). The third kappa shape index (κ3) is 4.58. The van der Waals surface area contributed by atoms with E-state index in [0.29, 0.717) is 10.9 Å². The second-order valence-corrected chi connectivity index (χ2v) is 16.7. The first-order valence-electron chi connectivity index (χ1n) is 18.2. The van der Waals surface area contributed by atoms with Crippen molar-refractivity contribution in [3.8, 4) is 22.9 Å². The van der Waals surface area contributed by atoms with Gasteiger partial charge in [0.15, 0.2) is 7.14 Å². The molecule has 1 aliphatic rings. The van der Waals surface area contributed by atoms with Gasteiger partial charge in [-0.3, -0.25) is 0 Å². The highest BCUT2D eigenvalue weighted by molar-refractivity contribution is 7.85. The Kier molecular flexibility index (Phi) is 7.37. The second kappa shape index (κ2) is 12.5. The van der Waals surface area contributed by atoms with E-state index in [1.807, 2.05) is 48.5 Å². The van der Waals surface area contributed by atoms with Crippen molar-refractivity contribution in [2.24, 2.45) is 0 Å². The van der Waals surface area contributed by atoms with Crippen molar-refractivity contribution in [2.45, 2.75) is 5.41 Å². The molecule has 1 unspecified atom stereocenters. The molecule has 0 bridgehead atoms. The van der Waals surface area contributed by atoms with Gasteiger partial charge in [-0.2, -0.15) is 5.26 Å². The number of nitriles is 1. The fraction of sp³-hybridized carbons (Fsp3) is 0.0200. The van der Waals surface area contributed by atoms with Gasteiger partial charge in [-0.1, -0.05) is 140 Å². The number of benzene rings is 8. The summed E-state index contributed by atoms with van der Waals surface area (Å²) in [6.45, 7) is 0. The molecule has 0 spiro atoms. The lowest BCUT2D eigenvalue weighted by molar-refractivity contribution is 0.592. The molecule has 1 aromatic heterocycles. The summed E-state index contributed by atoms with van der Waals surface area (Å²) in [5.41, 5.74) is 10.2. The van der Waals surface area contributed by atoms with Gasteiger partial charge in [0.2, 0.25) is 0 Å². The molecule has 0 amide bonds. The molecule has 9 aromatic rings. The van der Waals surface area contributed by atoms with Crippen molar-refractivity contribution in [1.82, 2.24) is 4.57 Å². The Bertz CT molecular complexity index is 2930. The predicted octanol–water partition coefficient (Wildman–Crippen LogP) is 10.7. The summed E-state index contributed by atoms with van der Waals surface area (Å²) < 4.78 is 18.2. The van der Waals surface area contributed by atoms with Gasteiger partial charge in [0.05, 0.1) is 28.1 Å². The van der Waals surface area contributed by atoms with Crippen molar-refractivity contribution in [3.63, 3.8) is 0 Å². The summed E-state index contributed by atoms with van der Waals surface area (Å²) in [7, 11) is -3.38. The van der Waals surface area contributed by atoms with Gasteiger partial charge in [0.25, 0.3) is 0 Å². The lowest BCUT2D eigenvalue weighted by atomic mass is 9.67. The Labute approximate surface area is 314 Å². The van der Waals surface area contributed by atoms with Crippen LogP contribution in [0, 0.1) is 11.3 Å². The topological polar surface area (TPSA) is 45.8 Å². The zero-order valence-corrected chi connectivity index (χ0v) is 30.2. The van der Waals surface area contributed by atoms with Crippen LogP contribution in [-0.4, -0.2) is 4.57 Å². The second-order valence-electron chi connectivity index (χ2n) is 13.9. The van der Waals surface area contributed by atoms with Crippen molar-refractivity contribution in [3.05, 3.63) is 228 Å². The van der Waals surface area contributed by atoms with Crippen LogP contribution in [-0.2, 0) is 9.98 Å². The van der Waals surface area contributed by atoms with E-state index in [9.17, 15) is 5.26 Å². The minimum Gasteiger partial charge on any atom is -0.309 e. The molecule has 0 aliphatic heterocycles. The fourth-order valence-corrected chi connectivity index (χ4v) is 11.5. The summed E-state index contributed by atoms with van der Waals surface area (Å²) >= 11 is 0. The molecule has 0 saturated carbocycles. The SMILES string of the molecule is N#Cc1ccc(P(=O)(c2ccccc2)c2cccc(C3(c4ccc5c(c4)c4ccccc4n5-c4ccccc4)c4ccccc4-c4ccccc43)c2)cc1. The molecule has 3 nitrogen and oxygen atoms in total. The van der Waals surface area contributed by atoms with E-state index in [-0.39, 0.29) is 0 Å². The molecule has 0 fully saturated rings. The number of nitrogens with zero attached hydrogens (tertiary/aromatic N) is 2. The third-order valence-corrected chi connectivity index (χ3v) is 14.3. The van der Waals surface area contributed by atoms with Crippen LogP contribution < -0.4 is 15.9 Å². The minimum absolute atomic E-state index is 0.536. The highest BCUT2D eigenvalue weighted by Gasteiger charge is 2.47. The summed E-state index contributed by atoms with van der Waals surface area (Å²) in [5.74, 6) is 0. The Balaban J connectivity index is 1.29.